The normalized spacial score (nSPS) is 14.3. The summed E-state index contributed by atoms with van der Waals surface area (Å²) >= 11 is 6.13. The minimum atomic E-state index is -0.392. The van der Waals surface area contributed by atoms with Crippen LogP contribution in [0.15, 0.2) is 36.4 Å². The molecule has 1 saturated heterocycles. The molecule has 3 rings (SSSR count). The molecule has 0 aromatic heterocycles. The van der Waals surface area contributed by atoms with Gasteiger partial charge in [-0.3, -0.25) is 4.79 Å². The second-order valence-electron chi connectivity index (χ2n) is 7.75. The van der Waals surface area contributed by atoms with Gasteiger partial charge in [0.1, 0.15) is 0 Å². The average Bonchev–Trinajstić information content (AvgIpc) is 3.25. The third-order valence-corrected chi connectivity index (χ3v) is 5.77. The van der Waals surface area contributed by atoms with Crippen LogP contribution in [0, 0.1) is 6.92 Å². The number of anilines is 3. The van der Waals surface area contributed by atoms with Gasteiger partial charge in [0.25, 0.3) is 5.91 Å². The van der Waals surface area contributed by atoms with Crippen molar-refractivity contribution in [3.63, 3.8) is 0 Å². The first kappa shape index (κ1) is 22.0. The number of hydrogen-bond acceptors (Lipinski definition) is 3. The smallest absolute Gasteiger partial charge is 0.323 e. The largest absolute Gasteiger partial charge is 0.371 e. The third-order valence-electron chi connectivity index (χ3n) is 5.37. The van der Waals surface area contributed by atoms with Gasteiger partial charge in [-0.1, -0.05) is 24.6 Å². The highest BCUT2D eigenvalue weighted by Gasteiger charge is 2.21. The lowest BCUT2D eigenvalue weighted by molar-refractivity contribution is 0.0940. The molecular formula is C23H29ClN4O2. The van der Waals surface area contributed by atoms with E-state index in [2.05, 4.69) is 20.9 Å². The highest BCUT2D eigenvalue weighted by atomic mass is 35.5. The molecule has 1 unspecified atom stereocenters. The number of rotatable bonds is 6. The number of nitrogens with one attached hydrogen (secondary N) is 3. The van der Waals surface area contributed by atoms with Gasteiger partial charge in [0.05, 0.1) is 5.56 Å². The molecule has 0 bridgehead atoms. The molecule has 1 aliphatic rings. The second kappa shape index (κ2) is 9.85. The van der Waals surface area contributed by atoms with Gasteiger partial charge in [-0.2, -0.15) is 0 Å². The number of carbonyl (C=O) groups is 2. The molecule has 2 aromatic carbocycles. The minimum Gasteiger partial charge on any atom is -0.371 e. The highest BCUT2D eigenvalue weighted by molar-refractivity contribution is 6.31. The Labute approximate surface area is 183 Å². The maximum Gasteiger partial charge on any atom is 0.323 e. The summed E-state index contributed by atoms with van der Waals surface area (Å²) < 4.78 is 0. The molecule has 6 nitrogen and oxygen atoms in total. The lowest BCUT2D eigenvalue weighted by Crippen LogP contribution is -2.33. The highest BCUT2D eigenvalue weighted by Crippen LogP contribution is 2.28. The fourth-order valence-corrected chi connectivity index (χ4v) is 3.58. The lowest BCUT2D eigenvalue weighted by Gasteiger charge is -2.23. The van der Waals surface area contributed by atoms with Gasteiger partial charge in [-0.15, -0.1) is 0 Å². The van der Waals surface area contributed by atoms with Crippen molar-refractivity contribution < 1.29 is 9.59 Å². The zero-order valence-corrected chi connectivity index (χ0v) is 18.5. The van der Waals surface area contributed by atoms with Crippen LogP contribution in [-0.2, 0) is 0 Å². The summed E-state index contributed by atoms with van der Waals surface area (Å²) in [5.74, 6) is -0.124. The first-order valence-electron chi connectivity index (χ1n) is 10.4. The Morgan fingerprint density at radius 1 is 1.07 bits per heavy atom. The molecule has 2 aromatic rings. The van der Waals surface area contributed by atoms with Crippen molar-refractivity contribution in [3.05, 3.63) is 52.5 Å². The van der Waals surface area contributed by atoms with E-state index in [9.17, 15) is 9.59 Å². The van der Waals surface area contributed by atoms with E-state index in [4.69, 9.17) is 11.6 Å². The summed E-state index contributed by atoms with van der Waals surface area (Å²) in [7, 11) is 0. The number of urea groups is 1. The molecule has 30 heavy (non-hydrogen) atoms. The number of halogens is 1. The third kappa shape index (κ3) is 5.45. The fraction of sp³-hybridized carbons (Fsp3) is 0.391. The number of amides is 3. The molecule has 0 radical (unpaired) electrons. The van der Waals surface area contributed by atoms with Crippen LogP contribution < -0.4 is 20.9 Å². The van der Waals surface area contributed by atoms with E-state index in [1.807, 2.05) is 39.0 Å². The van der Waals surface area contributed by atoms with Gasteiger partial charge in [0.15, 0.2) is 0 Å². The first-order chi connectivity index (χ1) is 14.4. The van der Waals surface area contributed by atoms with Crippen LogP contribution in [0.5, 0.6) is 0 Å². The van der Waals surface area contributed by atoms with Crippen LogP contribution in [0.2, 0.25) is 5.02 Å². The van der Waals surface area contributed by atoms with E-state index in [1.54, 1.807) is 18.2 Å². The van der Waals surface area contributed by atoms with Gasteiger partial charge < -0.3 is 20.9 Å². The zero-order valence-electron chi connectivity index (χ0n) is 17.7. The topological polar surface area (TPSA) is 73.5 Å². The van der Waals surface area contributed by atoms with Crippen LogP contribution in [0.25, 0.3) is 0 Å². The Morgan fingerprint density at radius 3 is 2.33 bits per heavy atom. The lowest BCUT2D eigenvalue weighted by atomic mass is 10.1. The number of benzene rings is 2. The zero-order chi connectivity index (χ0) is 21.7. The molecule has 3 amide bonds. The van der Waals surface area contributed by atoms with E-state index in [1.165, 1.54) is 0 Å². The van der Waals surface area contributed by atoms with Crippen LogP contribution in [0.1, 0.15) is 49.0 Å². The summed E-state index contributed by atoms with van der Waals surface area (Å²) in [6.07, 6.45) is 3.09. The number of hydrogen-bond donors (Lipinski definition) is 3. The maximum absolute atomic E-state index is 12.9. The van der Waals surface area contributed by atoms with Gasteiger partial charge in [0.2, 0.25) is 0 Å². The SMILES string of the molecule is CCC(C)NC(=O)c1cc(NC(=O)Nc2ccc(C)c(Cl)c2)ccc1N1CCCC1. The van der Waals surface area contributed by atoms with Crippen molar-refractivity contribution in [2.45, 2.75) is 46.1 Å². The van der Waals surface area contributed by atoms with Crippen molar-refractivity contribution >= 4 is 40.6 Å². The summed E-state index contributed by atoms with van der Waals surface area (Å²) in [6, 6.07) is 10.5. The molecule has 1 aliphatic heterocycles. The summed E-state index contributed by atoms with van der Waals surface area (Å²) in [5.41, 5.74) is 3.59. The average molecular weight is 429 g/mol. The maximum atomic E-state index is 12.9. The van der Waals surface area contributed by atoms with Gasteiger partial charge in [-0.25, -0.2) is 4.79 Å². The van der Waals surface area contributed by atoms with E-state index < -0.39 is 6.03 Å². The van der Waals surface area contributed by atoms with Crippen molar-refractivity contribution in [1.82, 2.24) is 5.32 Å². The van der Waals surface area contributed by atoms with Crippen molar-refractivity contribution in [3.8, 4) is 0 Å². The predicted molar refractivity (Wildman–Crippen MR) is 124 cm³/mol. The Hall–Kier alpha value is -2.73. The monoisotopic (exact) mass is 428 g/mol. The summed E-state index contributed by atoms with van der Waals surface area (Å²) in [6.45, 7) is 7.79. The van der Waals surface area contributed by atoms with Gasteiger partial charge in [-0.05, 0) is 69.0 Å². The number of carbonyl (C=O) groups excluding carboxylic acids is 2. The number of aryl methyl sites for hydroxylation is 1. The molecule has 0 saturated carbocycles. The molecule has 7 heteroatoms. The van der Waals surface area contributed by atoms with E-state index in [0.29, 0.717) is 22.0 Å². The van der Waals surface area contributed by atoms with E-state index in [0.717, 1.165) is 43.6 Å². The van der Waals surface area contributed by atoms with Crippen molar-refractivity contribution in [2.75, 3.05) is 28.6 Å². The van der Waals surface area contributed by atoms with E-state index >= 15 is 0 Å². The summed E-state index contributed by atoms with van der Waals surface area (Å²) in [4.78, 5) is 27.6. The fourth-order valence-electron chi connectivity index (χ4n) is 3.40. The Balaban J connectivity index is 1.78. The molecule has 3 N–H and O–H groups in total. The Morgan fingerprint density at radius 2 is 1.70 bits per heavy atom. The Kier molecular flexibility index (Phi) is 7.21. The molecule has 0 aliphatic carbocycles. The predicted octanol–water partition coefficient (Wildman–Crippen LogP) is 5.42. The molecule has 160 valence electrons. The van der Waals surface area contributed by atoms with E-state index in [-0.39, 0.29) is 11.9 Å². The molecule has 1 heterocycles. The molecule has 1 fully saturated rings. The summed E-state index contributed by atoms with van der Waals surface area (Å²) in [5, 5.41) is 9.21. The molecule has 0 spiro atoms. The Bertz CT molecular complexity index is 925. The minimum absolute atomic E-state index is 0.0788. The quantitative estimate of drug-likeness (QED) is 0.575. The van der Waals surface area contributed by atoms with Crippen molar-refractivity contribution in [2.24, 2.45) is 0 Å². The number of nitrogens with zero attached hydrogens (tertiary/aromatic N) is 1. The van der Waals surface area contributed by atoms with Crippen molar-refractivity contribution in [1.29, 1.82) is 0 Å². The molecule has 1 atom stereocenters. The van der Waals surface area contributed by atoms with Gasteiger partial charge in [0, 0.05) is 41.2 Å². The standard InChI is InChI=1S/C23H29ClN4O2/c1-4-16(3)25-22(29)19-13-17(9-10-21(19)28-11-5-6-12-28)26-23(30)27-18-8-7-15(2)20(24)14-18/h7-10,13-14,16H,4-6,11-12H2,1-3H3,(H,25,29)(H2,26,27,30). The second-order valence-corrected chi connectivity index (χ2v) is 8.16. The van der Waals surface area contributed by atoms with Crippen LogP contribution in [0.4, 0.5) is 21.9 Å². The van der Waals surface area contributed by atoms with Crippen LogP contribution >= 0.6 is 11.6 Å². The van der Waals surface area contributed by atoms with Gasteiger partial charge >= 0.3 is 6.03 Å². The molecular weight excluding hydrogens is 400 g/mol. The van der Waals surface area contributed by atoms with Crippen LogP contribution in [0.3, 0.4) is 0 Å². The first-order valence-corrected chi connectivity index (χ1v) is 10.8. The van der Waals surface area contributed by atoms with Crippen LogP contribution in [-0.4, -0.2) is 31.1 Å².